The SMILES string of the molecule is Cc1onc(-c2ccccc2)c1C(=O)N1CCS[C@H]2COCC[C@H]21. The normalized spacial score (nSPS) is 23.8. The molecule has 1 aromatic carbocycles. The average molecular weight is 344 g/mol. The molecule has 0 saturated carbocycles. The van der Waals surface area contributed by atoms with Gasteiger partial charge in [-0.3, -0.25) is 4.79 Å². The van der Waals surface area contributed by atoms with Gasteiger partial charge < -0.3 is 14.2 Å². The van der Waals surface area contributed by atoms with Crippen LogP contribution in [-0.4, -0.2) is 52.8 Å². The van der Waals surface area contributed by atoms with Crippen molar-refractivity contribution in [1.82, 2.24) is 10.1 Å². The van der Waals surface area contributed by atoms with E-state index >= 15 is 0 Å². The number of fused-ring (bicyclic) bond motifs is 1. The Hall–Kier alpha value is -1.79. The summed E-state index contributed by atoms with van der Waals surface area (Å²) < 4.78 is 11.0. The van der Waals surface area contributed by atoms with Crippen molar-refractivity contribution in [1.29, 1.82) is 0 Å². The Morgan fingerprint density at radius 2 is 2.17 bits per heavy atom. The van der Waals surface area contributed by atoms with Crippen LogP contribution >= 0.6 is 11.8 Å². The summed E-state index contributed by atoms with van der Waals surface area (Å²) >= 11 is 1.91. The maximum absolute atomic E-state index is 13.3. The minimum Gasteiger partial charge on any atom is -0.380 e. The van der Waals surface area contributed by atoms with E-state index in [1.54, 1.807) is 0 Å². The van der Waals surface area contributed by atoms with E-state index < -0.39 is 0 Å². The van der Waals surface area contributed by atoms with Gasteiger partial charge in [-0.15, -0.1) is 0 Å². The summed E-state index contributed by atoms with van der Waals surface area (Å²) in [7, 11) is 0. The molecule has 2 aliphatic rings. The van der Waals surface area contributed by atoms with Crippen LogP contribution in [0.3, 0.4) is 0 Å². The van der Waals surface area contributed by atoms with Crippen LogP contribution in [0, 0.1) is 6.92 Å². The van der Waals surface area contributed by atoms with Crippen molar-refractivity contribution >= 4 is 17.7 Å². The molecule has 4 rings (SSSR count). The van der Waals surface area contributed by atoms with Gasteiger partial charge in [0.1, 0.15) is 17.0 Å². The average Bonchev–Trinajstić information content (AvgIpc) is 3.03. The lowest BCUT2D eigenvalue weighted by Gasteiger charge is -2.43. The monoisotopic (exact) mass is 344 g/mol. The molecule has 5 nitrogen and oxygen atoms in total. The minimum absolute atomic E-state index is 0.0322. The molecular formula is C18H20N2O3S. The van der Waals surface area contributed by atoms with Gasteiger partial charge in [-0.05, 0) is 13.3 Å². The van der Waals surface area contributed by atoms with Crippen molar-refractivity contribution < 1.29 is 14.1 Å². The Morgan fingerprint density at radius 1 is 1.33 bits per heavy atom. The first-order valence-electron chi connectivity index (χ1n) is 8.27. The molecule has 24 heavy (non-hydrogen) atoms. The quantitative estimate of drug-likeness (QED) is 0.838. The summed E-state index contributed by atoms with van der Waals surface area (Å²) in [5.41, 5.74) is 2.14. The summed E-state index contributed by atoms with van der Waals surface area (Å²) in [4.78, 5) is 15.3. The summed E-state index contributed by atoms with van der Waals surface area (Å²) in [6.45, 7) is 4.03. The molecular weight excluding hydrogens is 324 g/mol. The number of aromatic nitrogens is 1. The van der Waals surface area contributed by atoms with Gasteiger partial charge >= 0.3 is 0 Å². The number of carbonyl (C=O) groups is 1. The Balaban J connectivity index is 1.68. The molecule has 6 heteroatoms. The van der Waals surface area contributed by atoms with E-state index in [1.165, 1.54) is 0 Å². The number of aryl methyl sites for hydroxylation is 1. The smallest absolute Gasteiger partial charge is 0.260 e. The fourth-order valence-corrected chi connectivity index (χ4v) is 4.80. The topological polar surface area (TPSA) is 55.6 Å². The second-order valence-corrected chi connectivity index (χ2v) is 7.51. The predicted molar refractivity (Wildman–Crippen MR) is 93.2 cm³/mol. The molecule has 0 unspecified atom stereocenters. The van der Waals surface area contributed by atoms with Gasteiger partial charge in [0.05, 0.1) is 6.61 Å². The van der Waals surface area contributed by atoms with Crippen LogP contribution in [0.1, 0.15) is 22.5 Å². The third kappa shape index (κ3) is 2.74. The minimum atomic E-state index is 0.0322. The van der Waals surface area contributed by atoms with E-state index in [4.69, 9.17) is 9.26 Å². The van der Waals surface area contributed by atoms with Gasteiger partial charge in [0.25, 0.3) is 5.91 Å². The van der Waals surface area contributed by atoms with Gasteiger partial charge in [-0.2, -0.15) is 11.8 Å². The number of benzene rings is 1. The van der Waals surface area contributed by atoms with Crippen molar-refractivity contribution in [3.8, 4) is 11.3 Å². The van der Waals surface area contributed by atoms with Gasteiger partial charge in [0, 0.05) is 35.8 Å². The molecule has 2 saturated heterocycles. The predicted octanol–water partition coefficient (Wildman–Crippen LogP) is 3.00. The zero-order valence-electron chi connectivity index (χ0n) is 13.6. The lowest BCUT2D eigenvalue weighted by atomic mass is 10.0. The first kappa shape index (κ1) is 15.7. The Bertz CT molecular complexity index is 729. The van der Waals surface area contributed by atoms with Crippen LogP contribution in [0.15, 0.2) is 34.9 Å². The van der Waals surface area contributed by atoms with E-state index in [2.05, 4.69) is 5.16 Å². The number of carbonyl (C=O) groups excluding carboxylic acids is 1. The number of rotatable bonds is 2. The molecule has 3 heterocycles. The molecule has 2 fully saturated rings. The second kappa shape index (κ2) is 6.61. The molecule has 0 spiro atoms. The molecule has 126 valence electrons. The van der Waals surface area contributed by atoms with Gasteiger partial charge in [-0.25, -0.2) is 0 Å². The Kier molecular flexibility index (Phi) is 4.33. The van der Waals surface area contributed by atoms with Gasteiger partial charge in [0.15, 0.2) is 0 Å². The van der Waals surface area contributed by atoms with Gasteiger partial charge in [0.2, 0.25) is 0 Å². The number of ether oxygens (including phenoxy) is 1. The highest BCUT2D eigenvalue weighted by Gasteiger charge is 2.39. The summed E-state index contributed by atoms with van der Waals surface area (Å²) in [5.74, 6) is 1.56. The van der Waals surface area contributed by atoms with E-state index in [-0.39, 0.29) is 11.9 Å². The molecule has 1 aromatic heterocycles. The maximum Gasteiger partial charge on any atom is 0.260 e. The lowest BCUT2D eigenvalue weighted by molar-refractivity contribution is 0.0318. The Morgan fingerprint density at radius 3 is 3.00 bits per heavy atom. The van der Waals surface area contributed by atoms with Crippen LogP contribution in [0.2, 0.25) is 0 Å². The maximum atomic E-state index is 13.3. The third-order valence-corrected chi connectivity index (χ3v) is 6.02. The van der Waals surface area contributed by atoms with Crippen molar-refractivity contribution in [3.05, 3.63) is 41.7 Å². The molecule has 2 atom stereocenters. The van der Waals surface area contributed by atoms with Gasteiger partial charge in [-0.1, -0.05) is 35.5 Å². The first-order valence-corrected chi connectivity index (χ1v) is 9.32. The molecule has 2 aliphatic heterocycles. The van der Waals surface area contributed by atoms with Crippen LogP contribution in [-0.2, 0) is 4.74 Å². The molecule has 0 bridgehead atoms. The van der Waals surface area contributed by atoms with Crippen molar-refractivity contribution in [3.63, 3.8) is 0 Å². The highest BCUT2D eigenvalue weighted by molar-refractivity contribution is 8.00. The fraction of sp³-hybridized carbons (Fsp3) is 0.444. The third-order valence-electron chi connectivity index (χ3n) is 4.72. The first-order chi connectivity index (χ1) is 11.8. The molecule has 2 aromatic rings. The number of thioether (sulfide) groups is 1. The van der Waals surface area contributed by atoms with E-state index in [1.807, 2.05) is 53.9 Å². The fourth-order valence-electron chi connectivity index (χ4n) is 3.50. The number of amides is 1. The van der Waals surface area contributed by atoms with E-state index in [0.29, 0.717) is 22.3 Å². The lowest BCUT2D eigenvalue weighted by Crippen LogP contribution is -2.54. The highest BCUT2D eigenvalue weighted by atomic mass is 32.2. The van der Waals surface area contributed by atoms with Crippen molar-refractivity contribution in [2.75, 3.05) is 25.5 Å². The standard InChI is InChI=1S/C18H20N2O3S/c1-12-16(17(19-23-12)13-5-3-2-4-6-13)18(21)20-8-10-24-15-11-22-9-7-14(15)20/h2-6,14-15H,7-11H2,1H3/t14-,15+/m1/s1. The summed E-state index contributed by atoms with van der Waals surface area (Å²) in [6, 6.07) is 9.99. The van der Waals surface area contributed by atoms with Crippen LogP contribution in [0.5, 0.6) is 0 Å². The number of hydrogen-bond donors (Lipinski definition) is 0. The van der Waals surface area contributed by atoms with Crippen molar-refractivity contribution in [2.24, 2.45) is 0 Å². The van der Waals surface area contributed by atoms with Crippen LogP contribution < -0.4 is 0 Å². The second-order valence-electron chi connectivity index (χ2n) is 6.17. The highest BCUT2D eigenvalue weighted by Crippen LogP contribution is 2.33. The number of hydrogen-bond acceptors (Lipinski definition) is 5. The van der Waals surface area contributed by atoms with Crippen LogP contribution in [0.25, 0.3) is 11.3 Å². The Labute approximate surface area is 145 Å². The number of nitrogens with zero attached hydrogens (tertiary/aromatic N) is 2. The zero-order chi connectivity index (χ0) is 16.5. The summed E-state index contributed by atoms with van der Waals surface area (Å²) in [5, 5.41) is 4.53. The molecule has 0 radical (unpaired) electrons. The van der Waals surface area contributed by atoms with Crippen molar-refractivity contribution in [2.45, 2.75) is 24.6 Å². The molecule has 0 N–H and O–H groups in total. The zero-order valence-corrected chi connectivity index (χ0v) is 14.4. The van der Waals surface area contributed by atoms with E-state index in [0.717, 1.165) is 37.5 Å². The van der Waals surface area contributed by atoms with E-state index in [9.17, 15) is 4.79 Å². The van der Waals surface area contributed by atoms with Crippen LogP contribution in [0.4, 0.5) is 0 Å². The molecule has 0 aliphatic carbocycles. The molecule has 1 amide bonds. The largest absolute Gasteiger partial charge is 0.380 e. The summed E-state index contributed by atoms with van der Waals surface area (Å²) in [6.07, 6.45) is 0.897.